The first kappa shape index (κ1) is 20.4. The first-order valence-electron chi connectivity index (χ1n) is 10.2. The van der Waals surface area contributed by atoms with Gasteiger partial charge in [0.2, 0.25) is 0 Å². The molecule has 1 fully saturated rings. The zero-order valence-electron chi connectivity index (χ0n) is 17.8. The highest BCUT2D eigenvalue weighted by molar-refractivity contribution is 5.80. The van der Waals surface area contributed by atoms with Crippen LogP contribution in [0, 0.1) is 12.8 Å². The molecule has 2 unspecified atom stereocenters. The predicted molar refractivity (Wildman–Crippen MR) is 116 cm³/mol. The predicted octanol–water partition coefficient (Wildman–Crippen LogP) is 2.63. The van der Waals surface area contributed by atoms with Gasteiger partial charge in [-0.25, -0.2) is 4.98 Å². The minimum absolute atomic E-state index is 0.434. The minimum Gasteiger partial charge on any atom is -0.352 e. The number of aliphatic imine (C=N–C) groups is 1. The van der Waals surface area contributed by atoms with Gasteiger partial charge in [-0.1, -0.05) is 31.2 Å². The Bertz CT molecular complexity index is 794. The van der Waals surface area contributed by atoms with Crippen LogP contribution in [-0.2, 0) is 13.1 Å². The molecule has 1 saturated heterocycles. The molecule has 6 nitrogen and oxygen atoms in total. The van der Waals surface area contributed by atoms with Crippen molar-refractivity contribution in [2.24, 2.45) is 10.9 Å². The van der Waals surface area contributed by atoms with Crippen LogP contribution in [0.2, 0.25) is 0 Å². The number of nitrogens with zero attached hydrogens (tertiary/aromatic N) is 4. The third-order valence-electron chi connectivity index (χ3n) is 5.64. The molecule has 2 atom stereocenters. The largest absolute Gasteiger partial charge is 0.352 e. The molecule has 0 aliphatic carbocycles. The molecule has 2 aromatic rings. The summed E-state index contributed by atoms with van der Waals surface area (Å²) in [6.07, 6.45) is 3.87. The fourth-order valence-corrected chi connectivity index (χ4v) is 3.78. The van der Waals surface area contributed by atoms with Gasteiger partial charge in [0, 0.05) is 57.7 Å². The van der Waals surface area contributed by atoms with Crippen molar-refractivity contribution in [1.29, 1.82) is 0 Å². The average molecular weight is 383 g/mol. The first-order valence-corrected chi connectivity index (χ1v) is 10.2. The lowest BCUT2D eigenvalue weighted by Crippen LogP contribution is -2.46. The topological polar surface area (TPSA) is 57.5 Å². The number of benzene rings is 1. The second-order valence-corrected chi connectivity index (χ2v) is 8.12. The van der Waals surface area contributed by atoms with Gasteiger partial charge in [-0.15, -0.1) is 0 Å². The highest BCUT2D eigenvalue weighted by Crippen LogP contribution is 2.18. The SMILES string of the molecule is CN=C(NCc1cccc(Cn2ccnc2C)c1)NC1CN(C(C)C)CC1C. The van der Waals surface area contributed by atoms with Crippen LogP contribution in [0.4, 0.5) is 0 Å². The summed E-state index contributed by atoms with van der Waals surface area (Å²) >= 11 is 0. The van der Waals surface area contributed by atoms with Gasteiger partial charge in [0.15, 0.2) is 5.96 Å². The van der Waals surface area contributed by atoms with Gasteiger partial charge >= 0.3 is 0 Å². The van der Waals surface area contributed by atoms with E-state index in [9.17, 15) is 0 Å². The molecule has 3 rings (SSSR count). The van der Waals surface area contributed by atoms with E-state index in [-0.39, 0.29) is 0 Å². The lowest BCUT2D eigenvalue weighted by Gasteiger charge is -2.22. The van der Waals surface area contributed by atoms with E-state index in [1.54, 1.807) is 0 Å². The second-order valence-electron chi connectivity index (χ2n) is 8.12. The number of aryl methyl sites for hydroxylation is 1. The van der Waals surface area contributed by atoms with Crippen molar-refractivity contribution < 1.29 is 0 Å². The average Bonchev–Trinajstić information content (AvgIpc) is 3.25. The van der Waals surface area contributed by atoms with Crippen LogP contribution in [0.15, 0.2) is 41.7 Å². The number of guanidine groups is 1. The standard InChI is InChI=1S/C22H34N6/c1-16(2)28-13-17(3)21(15-28)26-22(23-5)25-12-19-7-6-8-20(11-19)14-27-10-9-24-18(27)4/h6-11,16-17,21H,12-15H2,1-5H3,(H2,23,25,26). The number of aromatic nitrogens is 2. The summed E-state index contributed by atoms with van der Waals surface area (Å²) in [7, 11) is 1.84. The first-order chi connectivity index (χ1) is 13.5. The van der Waals surface area contributed by atoms with E-state index in [1.165, 1.54) is 11.1 Å². The van der Waals surface area contributed by atoms with Crippen LogP contribution in [0.25, 0.3) is 0 Å². The van der Waals surface area contributed by atoms with E-state index in [0.29, 0.717) is 18.0 Å². The summed E-state index contributed by atoms with van der Waals surface area (Å²) in [5.74, 6) is 2.52. The zero-order chi connectivity index (χ0) is 20.1. The summed E-state index contributed by atoms with van der Waals surface area (Å²) in [5.41, 5.74) is 2.53. The summed E-state index contributed by atoms with van der Waals surface area (Å²) in [6.45, 7) is 12.7. The van der Waals surface area contributed by atoms with Crippen molar-refractivity contribution in [2.75, 3.05) is 20.1 Å². The normalized spacial score (nSPS) is 20.7. The van der Waals surface area contributed by atoms with Crippen molar-refractivity contribution in [3.63, 3.8) is 0 Å². The summed E-state index contributed by atoms with van der Waals surface area (Å²) < 4.78 is 2.16. The quantitative estimate of drug-likeness (QED) is 0.596. The van der Waals surface area contributed by atoms with Gasteiger partial charge in [0.05, 0.1) is 0 Å². The van der Waals surface area contributed by atoms with E-state index in [0.717, 1.165) is 38.0 Å². The molecule has 0 spiro atoms. The Morgan fingerprint density at radius 3 is 2.71 bits per heavy atom. The van der Waals surface area contributed by atoms with Gasteiger partial charge in [0.25, 0.3) is 0 Å². The van der Waals surface area contributed by atoms with E-state index < -0.39 is 0 Å². The number of hydrogen-bond donors (Lipinski definition) is 2. The smallest absolute Gasteiger partial charge is 0.191 e. The number of rotatable bonds is 6. The van der Waals surface area contributed by atoms with Crippen LogP contribution in [0.1, 0.15) is 37.7 Å². The molecule has 0 radical (unpaired) electrons. The molecule has 2 N–H and O–H groups in total. The Hall–Kier alpha value is -2.34. The number of hydrogen-bond acceptors (Lipinski definition) is 3. The van der Waals surface area contributed by atoms with Crippen LogP contribution in [-0.4, -0.2) is 52.6 Å². The minimum atomic E-state index is 0.434. The van der Waals surface area contributed by atoms with Crippen molar-refractivity contribution in [3.05, 3.63) is 53.6 Å². The molecule has 1 aromatic heterocycles. The van der Waals surface area contributed by atoms with Crippen LogP contribution in [0.5, 0.6) is 0 Å². The van der Waals surface area contributed by atoms with Crippen molar-refractivity contribution in [2.45, 2.75) is 52.9 Å². The number of likely N-dealkylation sites (tertiary alicyclic amines) is 1. The van der Waals surface area contributed by atoms with Crippen molar-refractivity contribution in [1.82, 2.24) is 25.1 Å². The van der Waals surface area contributed by atoms with Crippen LogP contribution >= 0.6 is 0 Å². The van der Waals surface area contributed by atoms with E-state index >= 15 is 0 Å². The third kappa shape index (κ3) is 5.13. The molecule has 1 aromatic carbocycles. The lowest BCUT2D eigenvalue weighted by atomic mass is 10.1. The molecule has 152 valence electrons. The Morgan fingerprint density at radius 1 is 1.29 bits per heavy atom. The second kappa shape index (κ2) is 9.24. The van der Waals surface area contributed by atoms with Crippen molar-refractivity contribution >= 4 is 5.96 Å². The van der Waals surface area contributed by atoms with Crippen LogP contribution < -0.4 is 10.6 Å². The maximum Gasteiger partial charge on any atom is 0.191 e. The summed E-state index contributed by atoms with van der Waals surface area (Å²) in [4.78, 5) is 11.3. The maximum atomic E-state index is 4.43. The zero-order valence-corrected chi connectivity index (χ0v) is 17.8. The monoisotopic (exact) mass is 382 g/mol. The maximum absolute atomic E-state index is 4.43. The molecule has 28 heavy (non-hydrogen) atoms. The molecular formula is C22H34N6. The number of nitrogens with one attached hydrogen (secondary N) is 2. The molecular weight excluding hydrogens is 348 g/mol. The molecule has 2 heterocycles. The van der Waals surface area contributed by atoms with E-state index in [2.05, 4.69) is 75.1 Å². The van der Waals surface area contributed by atoms with E-state index in [1.807, 2.05) is 26.4 Å². The summed E-state index contributed by atoms with van der Waals surface area (Å²) in [5, 5.41) is 7.09. The summed E-state index contributed by atoms with van der Waals surface area (Å²) in [6, 6.07) is 9.71. The number of imidazole rings is 1. The van der Waals surface area contributed by atoms with Crippen LogP contribution in [0.3, 0.4) is 0 Å². The fourth-order valence-electron chi connectivity index (χ4n) is 3.78. The van der Waals surface area contributed by atoms with Gasteiger partial charge in [-0.05, 0) is 37.8 Å². The Labute approximate surface area is 169 Å². The van der Waals surface area contributed by atoms with Gasteiger partial charge in [0.1, 0.15) is 5.82 Å². The highest BCUT2D eigenvalue weighted by atomic mass is 15.3. The Kier molecular flexibility index (Phi) is 6.73. The van der Waals surface area contributed by atoms with Gasteiger partial charge in [-0.2, -0.15) is 0 Å². The fraction of sp³-hybridized carbons (Fsp3) is 0.545. The van der Waals surface area contributed by atoms with Gasteiger partial charge in [-0.3, -0.25) is 9.89 Å². The van der Waals surface area contributed by atoms with Crippen molar-refractivity contribution in [3.8, 4) is 0 Å². The molecule has 1 aliphatic rings. The third-order valence-corrected chi connectivity index (χ3v) is 5.64. The molecule has 0 saturated carbocycles. The Balaban J connectivity index is 1.55. The lowest BCUT2D eigenvalue weighted by molar-refractivity contribution is 0.265. The molecule has 6 heteroatoms. The molecule has 1 aliphatic heterocycles. The van der Waals surface area contributed by atoms with Gasteiger partial charge < -0.3 is 15.2 Å². The Morgan fingerprint density at radius 2 is 2.07 bits per heavy atom. The molecule has 0 amide bonds. The molecule has 0 bridgehead atoms. The van der Waals surface area contributed by atoms with E-state index in [4.69, 9.17) is 0 Å². The highest BCUT2D eigenvalue weighted by Gasteiger charge is 2.31.